The van der Waals surface area contributed by atoms with Crippen LogP contribution in [-0.4, -0.2) is 71.5 Å². The van der Waals surface area contributed by atoms with E-state index in [0.29, 0.717) is 6.54 Å². The first-order valence-corrected chi connectivity index (χ1v) is 10.9. The van der Waals surface area contributed by atoms with E-state index in [1.54, 1.807) is 11.9 Å². The monoisotopic (exact) mass is 417 g/mol. The summed E-state index contributed by atoms with van der Waals surface area (Å²) in [7, 11) is 1.75. The molecule has 7 nitrogen and oxygen atoms in total. The number of nitrogens with zero attached hydrogens (tertiary/aromatic N) is 5. The number of aryl methyl sites for hydroxylation is 2. The first-order chi connectivity index (χ1) is 15.0. The maximum absolute atomic E-state index is 13.4. The number of hydrogen-bond donors (Lipinski definition) is 0. The van der Waals surface area contributed by atoms with E-state index in [9.17, 15) is 9.59 Å². The van der Waals surface area contributed by atoms with E-state index < -0.39 is 12.2 Å². The Morgan fingerprint density at radius 3 is 2.61 bits per heavy atom. The van der Waals surface area contributed by atoms with Crippen LogP contribution in [0.5, 0.6) is 0 Å². The Balaban J connectivity index is 1.33. The molecule has 160 valence electrons. The molecule has 0 aromatic heterocycles. The molecule has 0 radical (unpaired) electrons. The summed E-state index contributed by atoms with van der Waals surface area (Å²) < 4.78 is 0. The van der Waals surface area contributed by atoms with Crippen LogP contribution in [0.4, 0.5) is 10.5 Å². The lowest BCUT2D eigenvalue weighted by Crippen LogP contribution is -2.64. The second-order valence-electron chi connectivity index (χ2n) is 8.44. The van der Waals surface area contributed by atoms with Crippen molar-refractivity contribution in [2.24, 2.45) is 4.99 Å². The van der Waals surface area contributed by atoms with Gasteiger partial charge in [0.2, 0.25) is 5.96 Å². The summed E-state index contributed by atoms with van der Waals surface area (Å²) in [4.78, 5) is 38.4. The Labute approximate surface area is 182 Å². The summed E-state index contributed by atoms with van der Waals surface area (Å²) in [6, 6.07) is 17.7. The Hall–Kier alpha value is -3.35. The molecule has 7 heteroatoms. The summed E-state index contributed by atoms with van der Waals surface area (Å²) in [6.07, 6.45) is 1.12. The topological polar surface area (TPSA) is 59.5 Å². The van der Waals surface area contributed by atoms with Crippen LogP contribution < -0.4 is 4.90 Å². The number of imide groups is 1. The Bertz CT molecular complexity index is 1040. The molecule has 2 aromatic carbocycles. The van der Waals surface area contributed by atoms with Crippen molar-refractivity contribution >= 4 is 23.6 Å². The molecular formula is C24H27N5O2. The maximum atomic E-state index is 13.4. The normalized spacial score (nSPS) is 22.7. The lowest BCUT2D eigenvalue weighted by Gasteiger charge is -2.40. The van der Waals surface area contributed by atoms with Crippen LogP contribution in [0.25, 0.3) is 0 Å². The third-order valence-corrected chi connectivity index (χ3v) is 6.38. The van der Waals surface area contributed by atoms with Gasteiger partial charge in [-0.25, -0.2) is 9.79 Å². The van der Waals surface area contributed by atoms with E-state index in [4.69, 9.17) is 4.99 Å². The molecule has 2 aromatic rings. The first-order valence-electron chi connectivity index (χ1n) is 10.9. The second-order valence-corrected chi connectivity index (χ2v) is 8.44. The first kappa shape index (κ1) is 19.6. The van der Waals surface area contributed by atoms with Crippen molar-refractivity contribution < 1.29 is 9.59 Å². The molecule has 2 atom stereocenters. The van der Waals surface area contributed by atoms with Crippen LogP contribution in [0, 0.1) is 6.92 Å². The highest BCUT2D eigenvalue weighted by molar-refractivity contribution is 6.08. The minimum atomic E-state index is -0.465. The van der Waals surface area contributed by atoms with Crippen molar-refractivity contribution in [3.8, 4) is 0 Å². The molecule has 0 N–H and O–H groups in total. The van der Waals surface area contributed by atoms with Gasteiger partial charge in [0.1, 0.15) is 0 Å². The molecule has 0 aliphatic carbocycles. The lowest BCUT2D eigenvalue weighted by molar-refractivity contribution is -0.137. The predicted molar refractivity (Wildman–Crippen MR) is 120 cm³/mol. The van der Waals surface area contributed by atoms with Gasteiger partial charge in [-0.05, 0) is 43.0 Å². The summed E-state index contributed by atoms with van der Waals surface area (Å²) in [5.41, 5.74) is 3.46. The molecule has 3 amide bonds. The molecule has 0 bridgehead atoms. The zero-order valence-electron chi connectivity index (χ0n) is 17.9. The molecular weight excluding hydrogens is 390 g/mol. The standard InChI is InChI=1S/C24H27N5O2/c1-17-8-6-12-19(16-17)27-14-15-28-20-21(25-23(27)28)26(2)24(31)29(22(20)30)13-7-11-18-9-4-3-5-10-18/h3-6,8-10,12,16,20-21H,7,11,13-15H2,1-2H3. The number of urea groups is 1. The second kappa shape index (κ2) is 7.72. The summed E-state index contributed by atoms with van der Waals surface area (Å²) in [6.45, 7) is 3.99. The van der Waals surface area contributed by atoms with Gasteiger partial charge in [-0.15, -0.1) is 0 Å². The number of rotatable bonds is 5. The number of anilines is 1. The van der Waals surface area contributed by atoms with E-state index >= 15 is 0 Å². The zero-order chi connectivity index (χ0) is 21.5. The Morgan fingerprint density at radius 2 is 1.84 bits per heavy atom. The minimum Gasteiger partial charge on any atom is -0.325 e. The van der Waals surface area contributed by atoms with Crippen molar-refractivity contribution in [3.63, 3.8) is 0 Å². The highest BCUT2D eigenvalue weighted by Gasteiger charge is 2.54. The molecule has 3 aliphatic heterocycles. The van der Waals surface area contributed by atoms with E-state index in [2.05, 4.69) is 47.1 Å². The average molecular weight is 418 g/mol. The minimum absolute atomic E-state index is 0.133. The molecule has 5 rings (SSSR count). The van der Waals surface area contributed by atoms with Crippen LogP contribution in [0.2, 0.25) is 0 Å². The number of likely N-dealkylation sites (N-methyl/N-ethyl adjacent to an activating group) is 1. The van der Waals surface area contributed by atoms with Crippen LogP contribution in [0.15, 0.2) is 59.6 Å². The fraction of sp³-hybridized carbons (Fsp3) is 0.375. The number of aliphatic imine (C=N–C) groups is 1. The smallest absolute Gasteiger partial charge is 0.325 e. The van der Waals surface area contributed by atoms with Gasteiger partial charge in [0, 0.05) is 32.4 Å². The number of fused-ring (bicyclic) bond motifs is 3. The van der Waals surface area contributed by atoms with E-state index in [-0.39, 0.29) is 11.9 Å². The molecule has 0 saturated carbocycles. The average Bonchev–Trinajstić information content (AvgIpc) is 3.35. The van der Waals surface area contributed by atoms with E-state index in [1.807, 2.05) is 24.3 Å². The highest BCUT2D eigenvalue weighted by atomic mass is 16.2. The van der Waals surface area contributed by atoms with Gasteiger partial charge < -0.3 is 14.7 Å². The van der Waals surface area contributed by atoms with E-state index in [0.717, 1.165) is 37.6 Å². The van der Waals surface area contributed by atoms with Gasteiger partial charge in [0.05, 0.1) is 0 Å². The van der Waals surface area contributed by atoms with Crippen LogP contribution in [-0.2, 0) is 11.2 Å². The van der Waals surface area contributed by atoms with Gasteiger partial charge >= 0.3 is 6.03 Å². The number of hydrogen-bond acceptors (Lipinski definition) is 5. The molecule has 31 heavy (non-hydrogen) atoms. The number of amides is 3. The van der Waals surface area contributed by atoms with Gasteiger partial charge in [-0.3, -0.25) is 9.69 Å². The molecule has 2 saturated heterocycles. The predicted octanol–water partition coefficient (Wildman–Crippen LogP) is 2.71. The Morgan fingerprint density at radius 1 is 1.03 bits per heavy atom. The van der Waals surface area contributed by atoms with Gasteiger partial charge in [0.15, 0.2) is 12.2 Å². The van der Waals surface area contributed by atoms with Crippen LogP contribution in [0.3, 0.4) is 0 Å². The number of carbonyl (C=O) groups excluding carboxylic acids is 2. The summed E-state index contributed by atoms with van der Waals surface area (Å²) in [5, 5.41) is 0. The lowest BCUT2D eigenvalue weighted by atomic mass is 10.1. The fourth-order valence-corrected chi connectivity index (χ4v) is 4.77. The summed E-state index contributed by atoms with van der Waals surface area (Å²) in [5.74, 6) is 0.658. The number of guanidine groups is 1. The molecule has 2 fully saturated rings. The molecule has 3 aliphatic rings. The van der Waals surface area contributed by atoms with Crippen LogP contribution in [0.1, 0.15) is 17.5 Å². The highest BCUT2D eigenvalue weighted by Crippen LogP contribution is 2.33. The SMILES string of the molecule is Cc1cccc(N2CCN3C2=NC2C3C(=O)N(CCCc3ccccc3)C(=O)N2C)c1. The van der Waals surface area contributed by atoms with Crippen molar-refractivity contribution in [3.05, 3.63) is 65.7 Å². The van der Waals surface area contributed by atoms with E-state index in [1.165, 1.54) is 16.0 Å². The molecule has 2 unspecified atom stereocenters. The van der Waals surface area contributed by atoms with Crippen molar-refractivity contribution in [1.29, 1.82) is 0 Å². The van der Waals surface area contributed by atoms with Crippen molar-refractivity contribution in [2.45, 2.75) is 32.0 Å². The van der Waals surface area contributed by atoms with Gasteiger partial charge in [0.25, 0.3) is 5.91 Å². The van der Waals surface area contributed by atoms with Crippen molar-refractivity contribution in [2.75, 3.05) is 31.6 Å². The van der Waals surface area contributed by atoms with Crippen LogP contribution >= 0.6 is 0 Å². The molecule has 0 spiro atoms. The summed E-state index contributed by atoms with van der Waals surface area (Å²) >= 11 is 0. The maximum Gasteiger partial charge on any atom is 0.328 e. The number of carbonyl (C=O) groups is 2. The van der Waals surface area contributed by atoms with Crippen molar-refractivity contribution in [1.82, 2.24) is 14.7 Å². The Kier molecular flexibility index (Phi) is 4.88. The third-order valence-electron chi connectivity index (χ3n) is 6.38. The quantitative estimate of drug-likeness (QED) is 0.751. The molecule has 3 heterocycles. The third kappa shape index (κ3) is 3.34. The zero-order valence-corrected chi connectivity index (χ0v) is 17.9. The number of benzene rings is 2. The fourth-order valence-electron chi connectivity index (χ4n) is 4.77. The largest absolute Gasteiger partial charge is 0.328 e. The van der Waals surface area contributed by atoms with Gasteiger partial charge in [-0.2, -0.15) is 0 Å². The van der Waals surface area contributed by atoms with Gasteiger partial charge in [-0.1, -0.05) is 42.5 Å².